The van der Waals surface area contributed by atoms with Crippen LogP contribution in [0, 0.1) is 23.6 Å². The van der Waals surface area contributed by atoms with E-state index >= 15 is 0 Å². The average molecular weight is 366 g/mol. The molecule has 7 heteroatoms. The molecule has 0 aromatic heterocycles. The third kappa shape index (κ3) is 7.21. The Balaban J connectivity index is 2.71. The van der Waals surface area contributed by atoms with Gasteiger partial charge in [0.05, 0.1) is 11.6 Å². The van der Waals surface area contributed by atoms with Crippen molar-refractivity contribution in [1.82, 2.24) is 5.32 Å². The minimum absolute atomic E-state index is 0.00965. The Morgan fingerprint density at radius 2 is 1.77 bits per heavy atom. The van der Waals surface area contributed by atoms with E-state index in [1.807, 2.05) is 27.7 Å². The summed E-state index contributed by atoms with van der Waals surface area (Å²) in [5.41, 5.74) is 0.0773. The summed E-state index contributed by atoms with van der Waals surface area (Å²) in [5, 5.41) is 14.2. The fourth-order valence-corrected chi connectivity index (χ4v) is 2.49. The minimum atomic E-state index is -0.978. The smallest absolute Gasteiger partial charge is 0.308 e. The number of aliphatic carboxylic acids is 1. The van der Waals surface area contributed by atoms with Crippen LogP contribution in [0.4, 0.5) is 10.1 Å². The van der Waals surface area contributed by atoms with Crippen molar-refractivity contribution in [3.8, 4) is 0 Å². The first kappa shape index (κ1) is 21.6. The molecule has 1 aromatic carbocycles. The molecule has 26 heavy (non-hydrogen) atoms. The van der Waals surface area contributed by atoms with E-state index in [-0.39, 0.29) is 42.0 Å². The van der Waals surface area contributed by atoms with Gasteiger partial charge < -0.3 is 15.7 Å². The zero-order valence-corrected chi connectivity index (χ0v) is 15.6. The highest BCUT2D eigenvalue weighted by Gasteiger charge is 2.20. The molecule has 144 valence electrons. The summed E-state index contributed by atoms with van der Waals surface area (Å²) in [4.78, 5) is 35.1. The van der Waals surface area contributed by atoms with Crippen LogP contribution >= 0.6 is 0 Å². The van der Waals surface area contributed by atoms with Crippen molar-refractivity contribution in [3.63, 3.8) is 0 Å². The standard InChI is InChI=1S/C19H27FN2O4/c1-11(2)7-14(19(25)26)10-21-18(24)13-5-6-16(15(20)9-13)22-17(23)8-12(3)4/h5-6,9,11-12,14H,7-8,10H2,1-4H3,(H,21,24)(H,22,23)(H,25,26). The number of hydrogen-bond acceptors (Lipinski definition) is 3. The Kier molecular flexibility index (Phi) is 8.22. The number of carboxylic acid groups (broad SMARTS) is 1. The van der Waals surface area contributed by atoms with E-state index in [1.54, 1.807) is 0 Å². The number of carbonyl (C=O) groups is 3. The Morgan fingerprint density at radius 1 is 1.12 bits per heavy atom. The average Bonchev–Trinajstić information content (AvgIpc) is 2.51. The highest BCUT2D eigenvalue weighted by Crippen LogP contribution is 2.17. The molecule has 0 aliphatic heterocycles. The zero-order valence-electron chi connectivity index (χ0n) is 15.6. The zero-order chi connectivity index (χ0) is 19.9. The SMILES string of the molecule is CC(C)CC(=O)Nc1ccc(C(=O)NCC(CC(C)C)C(=O)O)cc1F. The number of nitrogens with one attached hydrogen (secondary N) is 2. The van der Waals surface area contributed by atoms with Crippen molar-refractivity contribution in [2.75, 3.05) is 11.9 Å². The van der Waals surface area contributed by atoms with E-state index in [0.717, 1.165) is 6.07 Å². The van der Waals surface area contributed by atoms with Crippen molar-refractivity contribution < 1.29 is 23.9 Å². The molecule has 0 bridgehead atoms. The van der Waals surface area contributed by atoms with Crippen LogP contribution in [0.5, 0.6) is 0 Å². The van der Waals surface area contributed by atoms with E-state index in [9.17, 15) is 23.9 Å². The van der Waals surface area contributed by atoms with Crippen LogP contribution < -0.4 is 10.6 Å². The molecule has 1 aromatic rings. The lowest BCUT2D eigenvalue weighted by molar-refractivity contribution is -0.142. The van der Waals surface area contributed by atoms with Crippen LogP contribution in [-0.2, 0) is 9.59 Å². The third-order valence-electron chi connectivity index (χ3n) is 3.71. The molecular formula is C19H27FN2O4. The number of benzene rings is 1. The third-order valence-corrected chi connectivity index (χ3v) is 3.71. The van der Waals surface area contributed by atoms with Crippen LogP contribution in [0.1, 0.15) is 50.9 Å². The van der Waals surface area contributed by atoms with Gasteiger partial charge in [-0.15, -0.1) is 0 Å². The van der Waals surface area contributed by atoms with Crippen LogP contribution in [-0.4, -0.2) is 29.4 Å². The van der Waals surface area contributed by atoms with Crippen LogP contribution in [0.15, 0.2) is 18.2 Å². The maximum absolute atomic E-state index is 14.1. The lowest BCUT2D eigenvalue weighted by Crippen LogP contribution is -2.33. The van der Waals surface area contributed by atoms with Gasteiger partial charge in [0.2, 0.25) is 5.91 Å². The van der Waals surface area contributed by atoms with Crippen molar-refractivity contribution in [3.05, 3.63) is 29.6 Å². The predicted octanol–water partition coefficient (Wildman–Crippen LogP) is 3.29. The maximum Gasteiger partial charge on any atom is 0.308 e. The molecule has 2 amide bonds. The first-order chi connectivity index (χ1) is 12.1. The van der Waals surface area contributed by atoms with E-state index in [0.29, 0.717) is 6.42 Å². The molecule has 1 atom stereocenters. The monoisotopic (exact) mass is 366 g/mol. The van der Waals surface area contributed by atoms with E-state index < -0.39 is 23.6 Å². The number of carbonyl (C=O) groups excluding carboxylic acids is 2. The van der Waals surface area contributed by atoms with Gasteiger partial charge in [-0.3, -0.25) is 14.4 Å². The number of anilines is 1. The van der Waals surface area contributed by atoms with Crippen molar-refractivity contribution >= 4 is 23.5 Å². The molecule has 0 radical (unpaired) electrons. The van der Waals surface area contributed by atoms with Crippen LogP contribution in [0.25, 0.3) is 0 Å². The number of rotatable bonds is 9. The first-order valence-electron chi connectivity index (χ1n) is 8.70. The fourth-order valence-electron chi connectivity index (χ4n) is 2.49. The van der Waals surface area contributed by atoms with Gasteiger partial charge in [-0.2, -0.15) is 0 Å². The second-order valence-corrected chi connectivity index (χ2v) is 7.22. The molecule has 1 unspecified atom stereocenters. The summed E-state index contributed by atoms with van der Waals surface area (Å²) < 4.78 is 14.1. The molecule has 0 saturated heterocycles. The lowest BCUT2D eigenvalue weighted by Gasteiger charge is -2.15. The van der Waals surface area contributed by atoms with Gasteiger partial charge in [-0.25, -0.2) is 4.39 Å². The summed E-state index contributed by atoms with van der Waals surface area (Å²) >= 11 is 0. The molecular weight excluding hydrogens is 339 g/mol. The second-order valence-electron chi connectivity index (χ2n) is 7.22. The maximum atomic E-state index is 14.1. The number of hydrogen-bond donors (Lipinski definition) is 3. The highest BCUT2D eigenvalue weighted by atomic mass is 19.1. The molecule has 3 N–H and O–H groups in total. The topological polar surface area (TPSA) is 95.5 Å². The van der Waals surface area contributed by atoms with Crippen molar-refractivity contribution in [2.45, 2.75) is 40.5 Å². The second kappa shape index (κ2) is 9.89. The van der Waals surface area contributed by atoms with E-state index in [1.165, 1.54) is 12.1 Å². The van der Waals surface area contributed by atoms with Gasteiger partial charge in [0.1, 0.15) is 5.82 Å². The number of halogens is 1. The molecule has 0 spiro atoms. The largest absolute Gasteiger partial charge is 0.481 e. The van der Waals surface area contributed by atoms with Gasteiger partial charge in [0, 0.05) is 18.5 Å². The molecule has 0 saturated carbocycles. The normalized spacial score (nSPS) is 12.1. The Morgan fingerprint density at radius 3 is 2.27 bits per heavy atom. The van der Waals surface area contributed by atoms with Gasteiger partial charge in [-0.1, -0.05) is 27.7 Å². The fraction of sp³-hybridized carbons (Fsp3) is 0.526. The lowest BCUT2D eigenvalue weighted by atomic mass is 9.97. The summed E-state index contributed by atoms with van der Waals surface area (Å²) in [6, 6.07) is 3.74. The number of carboxylic acids is 1. The van der Waals surface area contributed by atoms with Gasteiger partial charge in [0.15, 0.2) is 0 Å². The molecule has 0 heterocycles. The van der Waals surface area contributed by atoms with E-state index in [2.05, 4.69) is 10.6 Å². The number of amides is 2. The highest BCUT2D eigenvalue weighted by molar-refractivity contribution is 5.96. The van der Waals surface area contributed by atoms with Crippen molar-refractivity contribution in [2.24, 2.45) is 17.8 Å². The Labute approximate surface area is 153 Å². The molecule has 0 aliphatic carbocycles. The van der Waals surface area contributed by atoms with Crippen LogP contribution in [0.2, 0.25) is 0 Å². The Hall–Kier alpha value is -2.44. The summed E-state index contributed by atoms with van der Waals surface area (Å²) in [6.07, 6.45) is 0.707. The van der Waals surface area contributed by atoms with Gasteiger partial charge in [-0.05, 0) is 36.5 Å². The minimum Gasteiger partial charge on any atom is -0.481 e. The van der Waals surface area contributed by atoms with E-state index in [4.69, 9.17) is 0 Å². The molecule has 0 fully saturated rings. The molecule has 0 aliphatic rings. The Bertz CT molecular complexity index is 659. The van der Waals surface area contributed by atoms with Crippen molar-refractivity contribution in [1.29, 1.82) is 0 Å². The summed E-state index contributed by atoms with van der Waals surface area (Å²) in [7, 11) is 0. The van der Waals surface area contributed by atoms with Gasteiger partial charge >= 0.3 is 5.97 Å². The molecule has 6 nitrogen and oxygen atoms in total. The van der Waals surface area contributed by atoms with Gasteiger partial charge in [0.25, 0.3) is 5.91 Å². The van der Waals surface area contributed by atoms with Crippen LogP contribution in [0.3, 0.4) is 0 Å². The quantitative estimate of drug-likeness (QED) is 0.625. The first-order valence-corrected chi connectivity index (χ1v) is 8.70. The molecule has 1 rings (SSSR count). The summed E-state index contributed by atoms with van der Waals surface area (Å²) in [5.74, 6) is -2.91. The summed E-state index contributed by atoms with van der Waals surface area (Å²) in [6.45, 7) is 7.54. The predicted molar refractivity (Wildman–Crippen MR) is 97.4 cm³/mol.